The van der Waals surface area contributed by atoms with Gasteiger partial charge in [-0.25, -0.2) is 22.4 Å². The van der Waals surface area contributed by atoms with Gasteiger partial charge in [-0.15, -0.1) is 0 Å². The number of nitrogens with zero attached hydrogens (tertiary/aromatic N) is 4. The van der Waals surface area contributed by atoms with Crippen molar-refractivity contribution in [1.29, 1.82) is 0 Å². The molecule has 0 aliphatic heterocycles. The van der Waals surface area contributed by atoms with E-state index in [1.165, 1.54) is 3.97 Å². The molecule has 1 saturated carbocycles. The Hall–Kier alpha value is -3.00. The molecular weight excluding hydrogens is 388 g/mol. The van der Waals surface area contributed by atoms with Crippen molar-refractivity contribution in [2.45, 2.75) is 43.5 Å². The molecule has 1 aliphatic rings. The Kier molecular flexibility index (Phi) is 4.06. The Morgan fingerprint density at radius 3 is 2.52 bits per heavy atom. The van der Waals surface area contributed by atoms with Crippen molar-refractivity contribution >= 4 is 37.9 Å². The summed E-state index contributed by atoms with van der Waals surface area (Å²) in [6.07, 6.45) is 5.88. The summed E-state index contributed by atoms with van der Waals surface area (Å²) < 4.78 is 29.7. The number of Topliss-reactive ketones (excluding diaryl/α,β-unsaturated/α-hetero) is 1. The zero-order valence-corrected chi connectivity index (χ0v) is 16.8. The van der Waals surface area contributed by atoms with Crippen LogP contribution in [0, 0.1) is 6.92 Å². The zero-order chi connectivity index (χ0) is 20.2. The summed E-state index contributed by atoms with van der Waals surface area (Å²) in [5.74, 6) is 1.16. The van der Waals surface area contributed by atoms with E-state index < -0.39 is 10.0 Å². The normalized spacial score (nSPS) is 16.1. The molecule has 0 atom stereocenters. The number of fused-ring (bicyclic) bond motifs is 3. The second-order valence-corrected chi connectivity index (χ2v) is 9.27. The molecule has 0 N–H and O–H groups in total. The molecule has 1 aromatic carbocycles. The van der Waals surface area contributed by atoms with Gasteiger partial charge in [0.2, 0.25) is 0 Å². The summed E-state index contributed by atoms with van der Waals surface area (Å²) >= 11 is 0. The van der Waals surface area contributed by atoms with Gasteiger partial charge in [0.1, 0.15) is 17.1 Å². The van der Waals surface area contributed by atoms with Crippen molar-refractivity contribution in [2.24, 2.45) is 0 Å². The Bertz CT molecular complexity index is 1340. The van der Waals surface area contributed by atoms with Crippen molar-refractivity contribution in [3.8, 4) is 0 Å². The van der Waals surface area contributed by atoms with Crippen LogP contribution in [0.4, 0.5) is 0 Å². The van der Waals surface area contributed by atoms with Crippen LogP contribution in [0.15, 0.2) is 53.7 Å². The summed E-state index contributed by atoms with van der Waals surface area (Å²) in [5, 5.41) is 0.750. The molecule has 3 aromatic heterocycles. The molecule has 148 valence electrons. The van der Waals surface area contributed by atoms with E-state index in [0.717, 1.165) is 35.1 Å². The van der Waals surface area contributed by atoms with Crippen LogP contribution in [0.3, 0.4) is 0 Å². The first kappa shape index (κ1) is 18.1. The highest BCUT2D eigenvalue weighted by Crippen LogP contribution is 2.34. The van der Waals surface area contributed by atoms with Crippen LogP contribution in [0.5, 0.6) is 0 Å². The number of ketones is 1. The summed E-state index contributed by atoms with van der Waals surface area (Å²) in [6, 6.07) is 10.3. The fourth-order valence-corrected chi connectivity index (χ4v) is 5.62. The lowest BCUT2D eigenvalue weighted by Gasteiger charge is -2.24. The molecule has 5 rings (SSSR count). The number of benzene rings is 1. The maximum atomic E-state index is 13.1. The summed E-state index contributed by atoms with van der Waals surface area (Å²) in [7, 11) is -3.75. The van der Waals surface area contributed by atoms with Crippen LogP contribution in [0.25, 0.3) is 22.1 Å². The third kappa shape index (κ3) is 2.78. The van der Waals surface area contributed by atoms with E-state index in [0.29, 0.717) is 24.3 Å². The quantitative estimate of drug-likeness (QED) is 0.517. The number of carbonyl (C=O) groups excluding carboxylic acids is 1. The standard InChI is InChI=1S/C21H20N4O3S/c1-14-23-19-13-22-21-18(20(19)25(14)15-7-9-16(26)10-8-15)11-12-24(21)29(27,28)17-5-3-2-4-6-17/h2-6,11-13,15H,7-10H2,1H3. The summed E-state index contributed by atoms with van der Waals surface area (Å²) in [6.45, 7) is 1.94. The number of aryl methyl sites for hydroxylation is 1. The van der Waals surface area contributed by atoms with E-state index >= 15 is 0 Å². The van der Waals surface area contributed by atoms with Crippen LogP contribution < -0.4 is 0 Å². The number of hydrogen-bond donors (Lipinski definition) is 0. The molecule has 0 unspecified atom stereocenters. The lowest BCUT2D eigenvalue weighted by atomic mass is 9.94. The second-order valence-electron chi connectivity index (χ2n) is 7.46. The first-order valence-corrected chi connectivity index (χ1v) is 11.1. The van der Waals surface area contributed by atoms with E-state index in [1.54, 1.807) is 48.8 Å². The Morgan fingerprint density at radius 1 is 1.07 bits per heavy atom. The Morgan fingerprint density at radius 2 is 1.79 bits per heavy atom. The second kappa shape index (κ2) is 6.52. The van der Waals surface area contributed by atoms with Crippen molar-refractivity contribution in [3.05, 3.63) is 54.6 Å². The van der Waals surface area contributed by atoms with E-state index in [2.05, 4.69) is 14.5 Å². The number of carbonyl (C=O) groups is 1. The monoisotopic (exact) mass is 408 g/mol. The highest BCUT2D eigenvalue weighted by atomic mass is 32.2. The largest absolute Gasteiger partial charge is 0.324 e. The predicted octanol–water partition coefficient (Wildman–Crippen LogP) is 3.62. The van der Waals surface area contributed by atoms with Crippen LogP contribution in [-0.4, -0.2) is 32.7 Å². The van der Waals surface area contributed by atoms with Gasteiger partial charge in [0.25, 0.3) is 10.0 Å². The van der Waals surface area contributed by atoms with Gasteiger partial charge < -0.3 is 4.57 Å². The van der Waals surface area contributed by atoms with Gasteiger partial charge in [0.05, 0.1) is 16.6 Å². The van der Waals surface area contributed by atoms with Crippen LogP contribution in [0.1, 0.15) is 37.5 Å². The maximum Gasteiger partial charge on any atom is 0.269 e. The number of pyridine rings is 1. The van der Waals surface area contributed by atoms with Crippen molar-refractivity contribution < 1.29 is 13.2 Å². The highest BCUT2D eigenvalue weighted by molar-refractivity contribution is 7.90. The Balaban J connectivity index is 1.72. The van der Waals surface area contributed by atoms with Gasteiger partial charge in [0, 0.05) is 30.5 Å². The molecule has 0 bridgehead atoms. The summed E-state index contributed by atoms with van der Waals surface area (Å²) in [5.41, 5.74) is 2.00. The lowest BCUT2D eigenvalue weighted by Crippen LogP contribution is -2.18. The molecular formula is C21H20N4O3S. The third-order valence-corrected chi connectivity index (χ3v) is 7.36. The molecule has 0 amide bonds. The first-order chi connectivity index (χ1) is 14.0. The van der Waals surface area contributed by atoms with Crippen molar-refractivity contribution in [3.63, 3.8) is 0 Å². The molecule has 1 fully saturated rings. The number of aromatic nitrogens is 4. The molecule has 29 heavy (non-hydrogen) atoms. The SMILES string of the molecule is Cc1nc2cnc3c(ccn3S(=O)(=O)c3ccccc3)c2n1C1CCC(=O)CC1. The van der Waals surface area contributed by atoms with Crippen molar-refractivity contribution in [2.75, 3.05) is 0 Å². The molecule has 7 nitrogen and oxygen atoms in total. The number of hydrogen-bond acceptors (Lipinski definition) is 5. The zero-order valence-electron chi connectivity index (χ0n) is 15.9. The lowest BCUT2D eigenvalue weighted by molar-refractivity contribution is -0.120. The maximum absolute atomic E-state index is 13.1. The van der Waals surface area contributed by atoms with Crippen LogP contribution >= 0.6 is 0 Å². The molecule has 1 aliphatic carbocycles. The molecule has 4 aromatic rings. The number of imidazole rings is 1. The third-order valence-electron chi connectivity index (χ3n) is 5.68. The van der Waals surface area contributed by atoms with E-state index in [4.69, 9.17) is 0 Å². The first-order valence-electron chi connectivity index (χ1n) is 9.64. The number of rotatable bonds is 3. The Labute approximate surface area is 168 Å². The molecule has 3 heterocycles. The fraction of sp³-hybridized carbons (Fsp3) is 0.286. The minimum Gasteiger partial charge on any atom is -0.324 e. The average Bonchev–Trinajstić information content (AvgIpc) is 3.30. The van der Waals surface area contributed by atoms with Gasteiger partial charge in [0.15, 0.2) is 5.65 Å². The molecule has 0 radical (unpaired) electrons. The van der Waals surface area contributed by atoms with Crippen molar-refractivity contribution in [1.82, 2.24) is 18.5 Å². The van der Waals surface area contributed by atoms with Gasteiger partial charge in [-0.1, -0.05) is 18.2 Å². The predicted molar refractivity (Wildman–Crippen MR) is 109 cm³/mol. The van der Waals surface area contributed by atoms with E-state index in [-0.39, 0.29) is 10.9 Å². The van der Waals surface area contributed by atoms with Crippen LogP contribution in [-0.2, 0) is 14.8 Å². The summed E-state index contributed by atoms with van der Waals surface area (Å²) in [4.78, 5) is 21.0. The fourth-order valence-electron chi connectivity index (χ4n) is 4.29. The van der Waals surface area contributed by atoms with E-state index in [9.17, 15) is 13.2 Å². The average molecular weight is 408 g/mol. The van der Waals surface area contributed by atoms with Gasteiger partial charge in [-0.3, -0.25) is 4.79 Å². The van der Waals surface area contributed by atoms with Gasteiger partial charge >= 0.3 is 0 Å². The van der Waals surface area contributed by atoms with Crippen LogP contribution in [0.2, 0.25) is 0 Å². The molecule has 8 heteroatoms. The minimum absolute atomic E-state index is 0.178. The molecule has 0 spiro atoms. The van der Waals surface area contributed by atoms with Gasteiger partial charge in [-0.2, -0.15) is 0 Å². The smallest absolute Gasteiger partial charge is 0.269 e. The van der Waals surface area contributed by atoms with Gasteiger partial charge in [-0.05, 0) is 38.0 Å². The highest BCUT2D eigenvalue weighted by Gasteiger charge is 2.26. The molecule has 0 saturated heterocycles. The minimum atomic E-state index is -3.75. The topological polar surface area (TPSA) is 86.8 Å². The van der Waals surface area contributed by atoms with E-state index in [1.807, 2.05) is 6.92 Å².